The maximum absolute atomic E-state index is 10.9. The van der Waals surface area contributed by atoms with Crippen molar-refractivity contribution < 1.29 is 14.6 Å². The zero-order chi connectivity index (χ0) is 12.6. The minimum absolute atomic E-state index is 0.147. The second-order valence-corrected chi connectivity index (χ2v) is 5.51. The molecule has 1 fully saturated rings. The molecule has 1 aromatic carbocycles. The highest BCUT2D eigenvalue weighted by Gasteiger charge is 2.46. The van der Waals surface area contributed by atoms with E-state index in [2.05, 4.69) is 15.9 Å². The van der Waals surface area contributed by atoms with Gasteiger partial charge in [0.15, 0.2) is 0 Å². The number of carbonyl (C=O) groups is 1. The molecule has 1 saturated carbocycles. The summed E-state index contributed by atoms with van der Waals surface area (Å²) in [4.78, 5) is 10.9. The van der Waals surface area contributed by atoms with Gasteiger partial charge in [-0.3, -0.25) is 4.79 Å². The summed E-state index contributed by atoms with van der Waals surface area (Å²) < 4.78 is 6.18. The van der Waals surface area contributed by atoms with E-state index < -0.39 is 5.97 Å². The van der Waals surface area contributed by atoms with Crippen molar-refractivity contribution in [3.05, 3.63) is 27.7 Å². The van der Waals surface area contributed by atoms with Gasteiger partial charge in [0.05, 0.1) is 18.0 Å². The van der Waals surface area contributed by atoms with Crippen molar-refractivity contribution >= 4 is 21.9 Å². The number of hydrogen-bond donors (Lipinski definition) is 1. The summed E-state index contributed by atoms with van der Waals surface area (Å²) in [5.41, 5.74) is 1.99. The molecule has 4 heteroatoms. The van der Waals surface area contributed by atoms with Gasteiger partial charge in [0.1, 0.15) is 5.75 Å². The van der Waals surface area contributed by atoms with Crippen molar-refractivity contribution in [2.75, 3.05) is 7.11 Å². The molecule has 92 valence electrons. The van der Waals surface area contributed by atoms with E-state index in [0.29, 0.717) is 0 Å². The Bertz CT molecular complexity index is 441. The third-order valence-corrected chi connectivity index (χ3v) is 3.98. The Kier molecular flexibility index (Phi) is 3.17. The van der Waals surface area contributed by atoms with Crippen LogP contribution in [-0.4, -0.2) is 18.2 Å². The Morgan fingerprint density at radius 1 is 1.53 bits per heavy atom. The first-order chi connectivity index (χ1) is 7.98. The lowest BCUT2D eigenvalue weighted by molar-refractivity contribution is -0.137. The van der Waals surface area contributed by atoms with E-state index in [4.69, 9.17) is 9.84 Å². The van der Waals surface area contributed by atoms with Crippen LogP contribution in [0.25, 0.3) is 0 Å². The maximum Gasteiger partial charge on any atom is 0.304 e. The highest BCUT2D eigenvalue weighted by atomic mass is 79.9. The largest absolute Gasteiger partial charge is 0.495 e. The summed E-state index contributed by atoms with van der Waals surface area (Å²) in [7, 11) is 1.64. The summed E-state index contributed by atoms with van der Waals surface area (Å²) in [6.45, 7) is 1.98. The first-order valence-electron chi connectivity index (χ1n) is 5.55. The van der Waals surface area contributed by atoms with Crippen molar-refractivity contribution in [1.29, 1.82) is 0 Å². The third kappa shape index (κ3) is 2.32. The van der Waals surface area contributed by atoms with Gasteiger partial charge < -0.3 is 9.84 Å². The minimum atomic E-state index is -0.730. The average Bonchev–Trinajstić information content (AvgIpc) is 2.97. The highest BCUT2D eigenvalue weighted by Crippen LogP contribution is 2.52. The van der Waals surface area contributed by atoms with Gasteiger partial charge in [0.2, 0.25) is 0 Å². The highest BCUT2D eigenvalue weighted by molar-refractivity contribution is 9.10. The van der Waals surface area contributed by atoms with Gasteiger partial charge in [-0.1, -0.05) is 6.07 Å². The van der Waals surface area contributed by atoms with Crippen LogP contribution in [0.4, 0.5) is 0 Å². The van der Waals surface area contributed by atoms with Crippen LogP contribution in [0.3, 0.4) is 0 Å². The van der Waals surface area contributed by atoms with Gasteiger partial charge in [0, 0.05) is 5.41 Å². The fraction of sp³-hybridized carbons (Fsp3) is 0.462. The summed E-state index contributed by atoms with van der Waals surface area (Å²) in [5.74, 6) is 0.0898. The molecule has 17 heavy (non-hydrogen) atoms. The molecule has 2 rings (SSSR count). The standard InChI is InChI=1S/C13H15BrO3/c1-8-5-9(6-10(14)12(8)17-2)13(3-4-13)7-11(15)16/h5-6H,3-4,7H2,1-2H3,(H,15,16). The molecule has 0 bridgehead atoms. The number of aliphatic carboxylic acids is 1. The van der Waals surface area contributed by atoms with Crippen molar-refractivity contribution in [3.8, 4) is 5.75 Å². The maximum atomic E-state index is 10.9. The Hall–Kier alpha value is -1.03. The topological polar surface area (TPSA) is 46.5 Å². The van der Waals surface area contributed by atoms with Crippen molar-refractivity contribution in [2.45, 2.75) is 31.6 Å². The van der Waals surface area contributed by atoms with E-state index in [-0.39, 0.29) is 11.8 Å². The molecule has 0 unspecified atom stereocenters. The van der Waals surface area contributed by atoms with E-state index in [1.54, 1.807) is 7.11 Å². The van der Waals surface area contributed by atoms with Gasteiger partial charge in [0.25, 0.3) is 0 Å². The Morgan fingerprint density at radius 3 is 2.59 bits per heavy atom. The van der Waals surface area contributed by atoms with Crippen LogP contribution < -0.4 is 4.74 Å². The monoisotopic (exact) mass is 298 g/mol. The van der Waals surface area contributed by atoms with E-state index in [9.17, 15) is 4.79 Å². The first-order valence-corrected chi connectivity index (χ1v) is 6.34. The predicted octanol–water partition coefficient (Wildman–Crippen LogP) is 3.27. The van der Waals surface area contributed by atoms with Crippen LogP contribution in [0, 0.1) is 6.92 Å². The quantitative estimate of drug-likeness (QED) is 0.928. The van der Waals surface area contributed by atoms with Gasteiger partial charge >= 0.3 is 5.97 Å². The summed E-state index contributed by atoms with van der Waals surface area (Å²) in [5, 5.41) is 8.95. The van der Waals surface area contributed by atoms with E-state index >= 15 is 0 Å². The van der Waals surface area contributed by atoms with E-state index in [1.807, 2.05) is 19.1 Å². The van der Waals surface area contributed by atoms with E-state index in [0.717, 1.165) is 34.2 Å². The molecule has 1 aliphatic rings. The van der Waals surface area contributed by atoms with Crippen LogP contribution in [0.5, 0.6) is 5.75 Å². The first kappa shape index (κ1) is 12.4. The lowest BCUT2D eigenvalue weighted by Crippen LogP contribution is -2.13. The van der Waals surface area contributed by atoms with Crippen LogP contribution in [0.1, 0.15) is 30.4 Å². The zero-order valence-corrected chi connectivity index (χ0v) is 11.5. The molecule has 0 radical (unpaired) electrons. The number of carboxylic acids is 1. The molecule has 1 N–H and O–H groups in total. The molecule has 0 aromatic heterocycles. The van der Waals surface area contributed by atoms with Crippen molar-refractivity contribution in [2.24, 2.45) is 0 Å². The molecule has 0 aliphatic heterocycles. The fourth-order valence-corrected chi connectivity index (χ4v) is 3.02. The van der Waals surface area contributed by atoms with Gasteiger partial charge in [-0.05, 0) is 52.9 Å². The molecular weight excluding hydrogens is 284 g/mol. The van der Waals surface area contributed by atoms with Crippen LogP contribution in [0.2, 0.25) is 0 Å². The molecular formula is C13H15BrO3. The Labute approximate surface area is 109 Å². The average molecular weight is 299 g/mol. The normalized spacial score (nSPS) is 16.6. The van der Waals surface area contributed by atoms with Gasteiger partial charge in [-0.15, -0.1) is 0 Å². The third-order valence-electron chi connectivity index (χ3n) is 3.39. The molecule has 0 atom stereocenters. The number of benzene rings is 1. The second-order valence-electron chi connectivity index (χ2n) is 4.66. The lowest BCUT2D eigenvalue weighted by Gasteiger charge is -2.16. The number of carboxylic acid groups (broad SMARTS) is 1. The Balaban J connectivity index is 2.37. The number of halogens is 1. The summed E-state index contributed by atoms with van der Waals surface area (Å²) >= 11 is 3.47. The zero-order valence-electron chi connectivity index (χ0n) is 9.92. The van der Waals surface area contributed by atoms with Crippen molar-refractivity contribution in [3.63, 3.8) is 0 Å². The minimum Gasteiger partial charge on any atom is -0.495 e. The van der Waals surface area contributed by atoms with Crippen LogP contribution in [0.15, 0.2) is 16.6 Å². The van der Waals surface area contributed by atoms with Crippen LogP contribution in [-0.2, 0) is 10.2 Å². The van der Waals surface area contributed by atoms with E-state index in [1.165, 1.54) is 0 Å². The second kappa shape index (κ2) is 4.33. The molecule has 3 nitrogen and oxygen atoms in total. The van der Waals surface area contributed by atoms with Crippen LogP contribution >= 0.6 is 15.9 Å². The number of aryl methyl sites for hydroxylation is 1. The number of methoxy groups -OCH3 is 1. The summed E-state index contributed by atoms with van der Waals surface area (Å²) in [6.07, 6.45) is 2.13. The fourth-order valence-electron chi connectivity index (χ4n) is 2.30. The molecule has 1 aromatic rings. The molecule has 1 aliphatic carbocycles. The van der Waals surface area contributed by atoms with Crippen molar-refractivity contribution in [1.82, 2.24) is 0 Å². The lowest BCUT2D eigenvalue weighted by atomic mass is 9.91. The molecule has 0 saturated heterocycles. The van der Waals surface area contributed by atoms with Gasteiger partial charge in [-0.25, -0.2) is 0 Å². The number of rotatable bonds is 4. The number of ether oxygens (including phenoxy) is 1. The molecule has 0 amide bonds. The van der Waals surface area contributed by atoms with Gasteiger partial charge in [-0.2, -0.15) is 0 Å². The Morgan fingerprint density at radius 2 is 2.18 bits per heavy atom. The number of hydrogen-bond acceptors (Lipinski definition) is 2. The molecule has 0 heterocycles. The molecule has 0 spiro atoms. The predicted molar refractivity (Wildman–Crippen MR) is 68.6 cm³/mol. The SMILES string of the molecule is COc1c(C)cc(C2(CC(=O)O)CC2)cc1Br. The smallest absolute Gasteiger partial charge is 0.304 e. The summed E-state index contributed by atoms with van der Waals surface area (Å²) in [6, 6.07) is 4.03.